The van der Waals surface area contributed by atoms with E-state index < -0.39 is 24.4 Å². The number of benzene rings is 8. The van der Waals surface area contributed by atoms with Crippen molar-refractivity contribution in [2.45, 2.75) is 90.6 Å². The molecule has 4 heterocycles. The van der Waals surface area contributed by atoms with E-state index >= 15 is 0 Å². The van der Waals surface area contributed by atoms with Crippen LogP contribution in [0, 0.1) is 0 Å². The summed E-state index contributed by atoms with van der Waals surface area (Å²) < 4.78 is 1.71. The van der Waals surface area contributed by atoms with Crippen molar-refractivity contribution >= 4 is 99.2 Å². The van der Waals surface area contributed by atoms with Crippen molar-refractivity contribution in [3.8, 4) is 45.7 Å². The number of aliphatic hydroxyl groups excluding tert-OH is 4. The van der Waals surface area contributed by atoms with Crippen LogP contribution >= 0.6 is 55.1 Å². The largest absolute Gasteiger partial charge is 0.505 e. The number of aliphatic hydroxyl groups is 4. The van der Waals surface area contributed by atoms with Crippen LogP contribution in [0.1, 0.15) is 72.2 Å². The van der Waals surface area contributed by atoms with Crippen molar-refractivity contribution < 1.29 is 40.9 Å². The first-order valence-electron chi connectivity index (χ1n) is 27.3. The Labute approximate surface area is 518 Å². The van der Waals surface area contributed by atoms with Crippen LogP contribution in [-0.2, 0) is 38.5 Å². The zero-order valence-corrected chi connectivity index (χ0v) is 51.2. The summed E-state index contributed by atoms with van der Waals surface area (Å²) >= 11 is 19.2. The first-order valence-corrected chi connectivity index (χ1v) is 29.7. The lowest BCUT2D eigenvalue weighted by Crippen LogP contribution is -2.09. The lowest BCUT2D eigenvalue weighted by Gasteiger charge is -2.16. The minimum atomic E-state index is -0.642. The third-order valence-corrected chi connectivity index (χ3v) is 15.5. The maximum atomic E-state index is 11.5. The van der Waals surface area contributed by atoms with Gasteiger partial charge in [0.15, 0.2) is 0 Å². The SMILES string of the molecule is CC(O)Cc1cc(Cc2cc(CC(C)O)cc(-n3nc4ccc(Br)cc4n3)c2O)c(O)c(-n2nc3ccc(Br)cc3n2)c1.CC(O)Cc1cc(Cc2cc(CC(C)O)cc(-n3nc4ccc(Cl)cc4n3)c2O)c(O)c(-n2nc3ccc(Cl)cc3n2)c1. The van der Waals surface area contributed by atoms with Gasteiger partial charge in [-0.05, 0) is 173 Å². The van der Waals surface area contributed by atoms with Gasteiger partial charge in [-0.1, -0.05) is 79.3 Å². The Hall–Kier alpha value is -8.06. The second kappa shape index (κ2) is 24.7. The Morgan fingerprint density at radius 1 is 0.337 bits per heavy atom. The summed E-state index contributed by atoms with van der Waals surface area (Å²) in [7, 11) is 0. The Kier molecular flexibility index (Phi) is 17.2. The Morgan fingerprint density at radius 3 is 0.826 bits per heavy atom. The molecule has 0 saturated heterocycles. The van der Waals surface area contributed by atoms with Crippen molar-refractivity contribution in [1.29, 1.82) is 0 Å². The number of phenols is 4. The van der Waals surface area contributed by atoms with Crippen LogP contribution in [0.3, 0.4) is 0 Å². The molecule has 0 amide bonds. The van der Waals surface area contributed by atoms with E-state index in [1.165, 1.54) is 19.2 Å². The average Bonchev–Trinajstić information content (AvgIpc) is 2.17. The molecule has 86 heavy (non-hydrogen) atoms. The third-order valence-electron chi connectivity index (χ3n) is 14.0. The molecule has 4 atom stereocenters. The number of fused-ring (bicyclic) bond motifs is 4. The van der Waals surface area contributed by atoms with Crippen LogP contribution in [0.15, 0.2) is 130 Å². The van der Waals surface area contributed by atoms with E-state index in [4.69, 9.17) is 23.2 Å². The van der Waals surface area contributed by atoms with Gasteiger partial charge in [-0.25, -0.2) is 0 Å². The van der Waals surface area contributed by atoms with Gasteiger partial charge in [0.05, 0.1) is 24.4 Å². The highest BCUT2D eigenvalue weighted by Crippen LogP contribution is 2.38. The highest BCUT2D eigenvalue weighted by Gasteiger charge is 2.24. The van der Waals surface area contributed by atoms with Crippen molar-refractivity contribution in [2.24, 2.45) is 0 Å². The van der Waals surface area contributed by atoms with E-state index in [1.54, 1.807) is 100 Å². The molecule has 0 aliphatic heterocycles. The molecule has 0 spiro atoms. The summed E-state index contributed by atoms with van der Waals surface area (Å²) in [5, 5.41) is 124. The van der Waals surface area contributed by atoms with Crippen molar-refractivity contribution in [1.82, 2.24) is 60.0 Å². The topological polar surface area (TPSA) is 285 Å². The molecule has 12 rings (SSSR count). The van der Waals surface area contributed by atoms with E-state index in [0.29, 0.717) is 125 Å². The van der Waals surface area contributed by atoms with E-state index in [1.807, 2.05) is 48.5 Å². The number of rotatable bonds is 16. The summed E-state index contributed by atoms with van der Waals surface area (Å²) in [4.78, 5) is 5.44. The van der Waals surface area contributed by atoms with Crippen LogP contribution in [0.5, 0.6) is 23.0 Å². The average molecular weight is 1330 g/mol. The quantitative estimate of drug-likeness (QED) is 0.0446. The standard InChI is InChI=1S/C31H28Br2N6O4.C31H28Cl2N6O4/c2*1-16(40)7-18-9-20(30(42)28(11-18)38-34-24-5-3-22(32)14-26(24)36-38)13-21-10-19(8-17(2)41)12-29(31(21)43)39-35-25-6-4-23(33)15-27(25)37-39/h2*3-6,9-12,14-17,40-43H,7-8,13H2,1-2H3. The Bertz CT molecular complexity index is 3980. The summed E-state index contributed by atoms with van der Waals surface area (Å²) in [5.41, 5.74) is 11.3. The van der Waals surface area contributed by atoms with E-state index in [2.05, 4.69) is 72.6 Å². The fourth-order valence-electron chi connectivity index (χ4n) is 10.3. The first kappa shape index (κ1) is 59.7. The number of aromatic hydroxyl groups is 4. The van der Waals surface area contributed by atoms with Crippen molar-refractivity contribution in [3.63, 3.8) is 0 Å². The summed E-state index contributed by atoms with van der Waals surface area (Å²) in [6.45, 7) is 6.75. The summed E-state index contributed by atoms with van der Waals surface area (Å²) in [6.07, 6.45) is -0.975. The first-order chi connectivity index (χ1) is 41.1. The minimum Gasteiger partial charge on any atom is -0.505 e. The molecule has 12 aromatic rings. The molecule has 4 aromatic heterocycles. The molecular formula is C62H56Br2Cl2N12O8. The molecule has 4 unspecified atom stereocenters. The van der Waals surface area contributed by atoms with Gasteiger partial charge in [0, 0.05) is 54.1 Å². The fraction of sp³-hybridized carbons (Fsp3) is 0.226. The lowest BCUT2D eigenvalue weighted by molar-refractivity contribution is 0.195. The van der Waals surface area contributed by atoms with E-state index in [-0.39, 0.29) is 35.8 Å². The Morgan fingerprint density at radius 2 is 0.570 bits per heavy atom. The monoisotopic (exact) mass is 1320 g/mol. The van der Waals surface area contributed by atoms with Crippen LogP contribution in [-0.4, -0.2) is 125 Å². The summed E-state index contributed by atoms with van der Waals surface area (Å²) in [6, 6.07) is 35.5. The van der Waals surface area contributed by atoms with Gasteiger partial charge in [0.25, 0.3) is 0 Å². The summed E-state index contributed by atoms with van der Waals surface area (Å²) in [5.74, 6) is -0.271. The highest BCUT2D eigenvalue weighted by molar-refractivity contribution is 9.10. The molecule has 0 aliphatic carbocycles. The van der Waals surface area contributed by atoms with Gasteiger partial charge in [-0.15, -0.1) is 60.0 Å². The Balaban J connectivity index is 0.000000179. The third kappa shape index (κ3) is 13.2. The van der Waals surface area contributed by atoms with E-state index in [0.717, 1.165) is 31.2 Å². The van der Waals surface area contributed by atoms with Gasteiger partial charge in [-0.3, -0.25) is 0 Å². The van der Waals surface area contributed by atoms with Gasteiger partial charge >= 0.3 is 0 Å². The molecule has 20 nitrogen and oxygen atoms in total. The maximum absolute atomic E-state index is 11.5. The van der Waals surface area contributed by atoms with Crippen molar-refractivity contribution in [3.05, 3.63) is 185 Å². The molecule has 0 fully saturated rings. The molecule has 8 N–H and O–H groups in total. The minimum absolute atomic E-state index is 0.0524. The predicted molar refractivity (Wildman–Crippen MR) is 335 cm³/mol. The molecule has 0 radical (unpaired) electrons. The van der Waals surface area contributed by atoms with Crippen LogP contribution in [0.4, 0.5) is 0 Å². The normalized spacial score (nSPS) is 13.2. The fourth-order valence-corrected chi connectivity index (χ4v) is 11.4. The molecule has 0 saturated carbocycles. The number of phenolic OH excluding ortho intramolecular Hbond substituents is 4. The highest BCUT2D eigenvalue weighted by atomic mass is 79.9. The van der Waals surface area contributed by atoms with E-state index in [9.17, 15) is 40.9 Å². The number of aromatic nitrogens is 12. The molecule has 8 aromatic carbocycles. The number of hydrogen-bond acceptors (Lipinski definition) is 16. The van der Waals surface area contributed by atoms with Crippen molar-refractivity contribution in [2.75, 3.05) is 0 Å². The second-order valence-corrected chi connectivity index (χ2v) is 24.3. The second-order valence-electron chi connectivity index (χ2n) is 21.5. The molecular weight excluding hydrogens is 1270 g/mol. The number of halogens is 4. The molecule has 24 heteroatoms. The van der Waals surface area contributed by atoms with Gasteiger partial charge in [0.1, 0.15) is 89.9 Å². The number of nitrogens with zero attached hydrogens (tertiary/aromatic N) is 12. The maximum Gasteiger partial charge on any atom is 0.146 e. The zero-order valence-electron chi connectivity index (χ0n) is 46.6. The van der Waals surface area contributed by atoms with Crippen LogP contribution < -0.4 is 0 Å². The number of hydrogen-bond donors (Lipinski definition) is 8. The lowest BCUT2D eigenvalue weighted by atomic mass is 9.95. The van der Waals surface area contributed by atoms with Crippen LogP contribution in [0.2, 0.25) is 10.0 Å². The molecule has 440 valence electrons. The van der Waals surface area contributed by atoms with Gasteiger partial charge < -0.3 is 40.9 Å². The van der Waals surface area contributed by atoms with Gasteiger partial charge in [-0.2, -0.15) is 0 Å². The molecule has 0 aliphatic rings. The zero-order chi connectivity index (χ0) is 60.8. The smallest absolute Gasteiger partial charge is 0.146 e. The molecule has 0 bridgehead atoms. The predicted octanol–water partition coefficient (Wildman–Crippen LogP) is 10.8. The van der Waals surface area contributed by atoms with Gasteiger partial charge in [0.2, 0.25) is 0 Å². The van der Waals surface area contributed by atoms with Crippen LogP contribution in [0.25, 0.3) is 66.9 Å².